The molecule has 0 aromatic heterocycles. The van der Waals surface area contributed by atoms with Crippen LogP contribution < -0.4 is 10.1 Å². The minimum atomic E-state index is -0.656. The number of nitrogens with one attached hydrogen (secondary N) is 1. The fraction of sp³-hybridized carbons (Fsp3) is 0.619. The maximum atomic E-state index is 12.3. The molecule has 5 heteroatoms. The first-order valence-electron chi connectivity index (χ1n) is 9.61. The molecule has 1 aromatic carbocycles. The van der Waals surface area contributed by atoms with Crippen LogP contribution in [0.3, 0.4) is 0 Å². The van der Waals surface area contributed by atoms with Gasteiger partial charge in [-0.3, -0.25) is 4.79 Å². The van der Waals surface area contributed by atoms with Crippen molar-refractivity contribution in [1.29, 1.82) is 0 Å². The average Bonchev–Trinajstić information content (AvgIpc) is 2.64. The van der Waals surface area contributed by atoms with E-state index in [4.69, 9.17) is 9.47 Å². The number of amides is 1. The maximum absolute atomic E-state index is 12.3. The number of methoxy groups -OCH3 is 1. The first-order chi connectivity index (χ1) is 12.5. The molecule has 0 saturated carbocycles. The highest BCUT2D eigenvalue weighted by Crippen LogP contribution is 2.14. The third-order valence-corrected chi connectivity index (χ3v) is 4.29. The highest BCUT2D eigenvalue weighted by atomic mass is 16.5. The van der Waals surface area contributed by atoms with Crippen LogP contribution in [0.15, 0.2) is 24.3 Å². The summed E-state index contributed by atoms with van der Waals surface area (Å²) in [7, 11) is 1.32. The Bertz CT molecular complexity index is 539. The molecule has 0 aliphatic heterocycles. The number of hydrogen-bond donors (Lipinski definition) is 1. The molecule has 0 heterocycles. The molecule has 0 unspecified atom stereocenters. The van der Waals surface area contributed by atoms with Gasteiger partial charge < -0.3 is 14.8 Å². The molecule has 26 heavy (non-hydrogen) atoms. The molecule has 0 bridgehead atoms. The van der Waals surface area contributed by atoms with Gasteiger partial charge in [-0.05, 0) is 36.6 Å². The molecule has 1 atom stereocenters. The van der Waals surface area contributed by atoms with Gasteiger partial charge in [-0.1, -0.05) is 52.9 Å². The zero-order valence-corrected chi connectivity index (χ0v) is 16.5. The number of unbranched alkanes of at least 4 members (excludes halogenated alkanes) is 5. The fourth-order valence-corrected chi connectivity index (χ4v) is 2.62. The van der Waals surface area contributed by atoms with E-state index in [1.165, 1.54) is 39.2 Å². The number of hydrogen-bond acceptors (Lipinski definition) is 4. The summed E-state index contributed by atoms with van der Waals surface area (Å²) in [6.07, 6.45) is 7.34. The number of carbonyl (C=O) groups excluding carboxylic acids is 2. The minimum Gasteiger partial charge on any atom is -0.494 e. The summed E-state index contributed by atoms with van der Waals surface area (Å²) in [5, 5.41) is 2.73. The standard InChI is InChI=1S/C21H33NO4/c1-5-6-7-8-9-10-15-26-18-13-11-17(12-14-18)20(23)22-19(16(2)3)21(24)25-4/h11-14,16,19H,5-10,15H2,1-4H3,(H,22,23)/t19-/m0/s1. The summed E-state index contributed by atoms with van der Waals surface area (Å²) in [4.78, 5) is 24.1. The number of rotatable bonds is 12. The molecular weight excluding hydrogens is 330 g/mol. The lowest BCUT2D eigenvalue weighted by molar-refractivity contribution is -0.144. The van der Waals surface area contributed by atoms with Crippen molar-refractivity contribution in [2.45, 2.75) is 65.3 Å². The van der Waals surface area contributed by atoms with E-state index < -0.39 is 12.0 Å². The highest BCUT2D eigenvalue weighted by molar-refractivity contribution is 5.96. The van der Waals surface area contributed by atoms with Crippen LogP contribution in [0.2, 0.25) is 0 Å². The van der Waals surface area contributed by atoms with Gasteiger partial charge in [0.05, 0.1) is 13.7 Å². The van der Waals surface area contributed by atoms with Crippen LogP contribution in [0.1, 0.15) is 69.7 Å². The Morgan fingerprint density at radius 2 is 1.62 bits per heavy atom. The lowest BCUT2D eigenvalue weighted by atomic mass is 10.0. The van der Waals surface area contributed by atoms with Gasteiger partial charge in [-0.25, -0.2) is 4.79 Å². The van der Waals surface area contributed by atoms with Gasteiger partial charge >= 0.3 is 5.97 Å². The van der Waals surface area contributed by atoms with Gasteiger partial charge in [0.15, 0.2) is 0 Å². The largest absolute Gasteiger partial charge is 0.494 e. The van der Waals surface area contributed by atoms with Crippen molar-refractivity contribution in [2.75, 3.05) is 13.7 Å². The van der Waals surface area contributed by atoms with E-state index in [0.717, 1.165) is 12.2 Å². The van der Waals surface area contributed by atoms with Crippen molar-refractivity contribution >= 4 is 11.9 Å². The third-order valence-electron chi connectivity index (χ3n) is 4.29. The number of ether oxygens (including phenoxy) is 2. The van der Waals surface area contributed by atoms with Crippen LogP contribution in [0.5, 0.6) is 5.75 Å². The van der Waals surface area contributed by atoms with Crippen LogP contribution in [0.25, 0.3) is 0 Å². The monoisotopic (exact) mass is 363 g/mol. The quantitative estimate of drug-likeness (QED) is 0.443. The van der Waals surface area contributed by atoms with Gasteiger partial charge in [-0.2, -0.15) is 0 Å². The third kappa shape index (κ3) is 7.89. The summed E-state index contributed by atoms with van der Waals surface area (Å²) >= 11 is 0. The Labute approximate surface area is 157 Å². The van der Waals surface area contributed by atoms with E-state index >= 15 is 0 Å². The van der Waals surface area contributed by atoms with Crippen molar-refractivity contribution in [2.24, 2.45) is 5.92 Å². The van der Waals surface area contributed by atoms with Gasteiger partial charge in [0, 0.05) is 5.56 Å². The number of benzene rings is 1. The van der Waals surface area contributed by atoms with Gasteiger partial charge in [-0.15, -0.1) is 0 Å². The first-order valence-corrected chi connectivity index (χ1v) is 9.61. The van der Waals surface area contributed by atoms with E-state index in [0.29, 0.717) is 12.2 Å². The van der Waals surface area contributed by atoms with Crippen molar-refractivity contribution in [3.8, 4) is 5.75 Å². The summed E-state index contributed by atoms with van der Waals surface area (Å²) in [5.74, 6) is -0.0290. The molecule has 0 fully saturated rings. The normalized spacial score (nSPS) is 11.9. The molecule has 0 spiro atoms. The van der Waals surface area contributed by atoms with E-state index in [1.807, 2.05) is 13.8 Å². The highest BCUT2D eigenvalue weighted by Gasteiger charge is 2.25. The van der Waals surface area contributed by atoms with Crippen LogP contribution >= 0.6 is 0 Å². The number of esters is 1. The van der Waals surface area contributed by atoms with E-state index in [-0.39, 0.29) is 11.8 Å². The predicted octanol–water partition coefficient (Wildman–Crippen LogP) is 4.35. The van der Waals surface area contributed by atoms with E-state index in [2.05, 4.69) is 12.2 Å². The maximum Gasteiger partial charge on any atom is 0.328 e. The second-order valence-electron chi connectivity index (χ2n) is 6.86. The zero-order chi connectivity index (χ0) is 19.4. The van der Waals surface area contributed by atoms with Crippen LogP contribution in [-0.2, 0) is 9.53 Å². The van der Waals surface area contributed by atoms with Crippen molar-refractivity contribution in [3.05, 3.63) is 29.8 Å². The van der Waals surface area contributed by atoms with E-state index in [1.54, 1.807) is 24.3 Å². The molecule has 0 aliphatic rings. The van der Waals surface area contributed by atoms with Crippen LogP contribution in [-0.4, -0.2) is 31.6 Å². The second kappa shape index (κ2) is 12.3. The molecule has 1 amide bonds. The van der Waals surface area contributed by atoms with Crippen molar-refractivity contribution in [3.63, 3.8) is 0 Å². The van der Waals surface area contributed by atoms with Crippen molar-refractivity contribution < 1.29 is 19.1 Å². The second-order valence-corrected chi connectivity index (χ2v) is 6.86. The van der Waals surface area contributed by atoms with Crippen LogP contribution in [0, 0.1) is 5.92 Å². The Morgan fingerprint density at radius 1 is 1.00 bits per heavy atom. The summed E-state index contributed by atoms with van der Waals surface area (Å²) in [6.45, 7) is 6.63. The van der Waals surface area contributed by atoms with Gasteiger partial charge in [0.25, 0.3) is 5.91 Å². The van der Waals surface area contributed by atoms with Crippen LogP contribution in [0.4, 0.5) is 0 Å². The molecule has 1 aromatic rings. The molecule has 0 aliphatic carbocycles. The molecular formula is C21H33NO4. The van der Waals surface area contributed by atoms with Gasteiger partial charge in [0.1, 0.15) is 11.8 Å². The van der Waals surface area contributed by atoms with Crippen molar-refractivity contribution in [1.82, 2.24) is 5.32 Å². The summed E-state index contributed by atoms with van der Waals surface area (Å²) < 4.78 is 10.5. The Hall–Kier alpha value is -2.04. The minimum absolute atomic E-state index is 0.0497. The topological polar surface area (TPSA) is 64.6 Å². The lowest BCUT2D eigenvalue weighted by Gasteiger charge is -2.19. The molecule has 0 saturated heterocycles. The molecule has 146 valence electrons. The summed E-state index contributed by atoms with van der Waals surface area (Å²) in [6, 6.07) is 6.33. The lowest BCUT2D eigenvalue weighted by Crippen LogP contribution is -2.45. The molecule has 0 radical (unpaired) electrons. The average molecular weight is 363 g/mol. The summed E-state index contributed by atoms with van der Waals surface area (Å²) in [5.41, 5.74) is 0.492. The Morgan fingerprint density at radius 3 is 2.19 bits per heavy atom. The number of carbonyl (C=O) groups is 2. The molecule has 1 N–H and O–H groups in total. The van der Waals surface area contributed by atoms with Gasteiger partial charge in [0.2, 0.25) is 0 Å². The smallest absolute Gasteiger partial charge is 0.328 e. The zero-order valence-electron chi connectivity index (χ0n) is 16.5. The fourth-order valence-electron chi connectivity index (χ4n) is 2.62. The Kier molecular flexibility index (Phi) is 10.4. The van der Waals surface area contributed by atoms with E-state index in [9.17, 15) is 9.59 Å². The SMILES string of the molecule is CCCCCCCCOc1ccc(C(=O)N[C@H](C(=O)OC)C(C)C)cc1. The Balaban J connectivity index is 2.43. The predicted molar refractivity (Wildman–Crippen MR) is 103 cm³/mol. The first kappa shape index (κ1) is 22.0. The molecule has 5 nitrogen and oxygen atoms in total. The molecule has 1 rings (SSSR count).